The van der Waals surface area contributed by atoms with Gasteiger partial charge in [0.25, 0.3) is 0 Å². The van der Waals surface area contributed by atoms with E-state index in [1.54, 1.807) is 6.20 Å². The molecule has 0 spiro atoms. The normalized spacial score (nSPS) is 21.3. The van der Waals surface area contributed by atoms with Gasteiger partial charge in [-0.25, -0.2) is 9.97 Å². The largest absolute Gasteiger partial charge is 0.466 e. The third-order valence-corrected chi connectivity index (χ3v) is 8.05. The number of rotatable bonds is 7. The highest BCUT2D eigenvalue weighted by atomic mass is 16.7. The summed E-state index contributed by atoms with van der Waals surface area (Å²) in [5.41, 5.74) is 2.66. The molecule has 11 heteroatoms. The topological polar surface area (TPSA) is 121 Å². The van der Waals surface area contributed by atoms with E-state index in [-0.39, 0.29) is 36.5 Å². The van der Waals surface area contributed by atoms with E-state index >= 15 is 0 Å². The highest BCUT2D eigenvalue weighted by Crippen LogP contribution is 2.39. The minimum absolute atomic E-state index is 0.0849. The van der Waals surface area contributed by atoms with Crippen molar-refractivity contribution in [3.8, 4) is 28.7 Å². The van der Waals surface area contributed by atoms with Gasteiger partial charge in [-0.05, 0) is 56.9 Å². The van der Waals surface area contributed by atoms with Crippen LogP contribution in [0.5, 0.6) is 11.5 Å². The number of benzene rings is 1. The number of hydrogen-bond acceptors (Lipinski definition) is 9. The molecule has 2 aromatic heterocycles. The minimum Gasteiger partial charge on any atom is -0.466 e. The highest BCUT2D eigenvalue weighted by Gasteiger charge is 2.37. The molecule has 2 fully saturated rings. The zero-order chi connectivity index (χ0) is 27.2. The molecule has 4 heterocycles. The van der Waals surface area contributed by atoms with Crippen molar-refractivity contribution in [2.24, 2.45) is 11.8 Å². The Kier molecular flexibility index (Phi) is 6.28. The Bertz CT molecular complexity index is 1470. The molecule has 40 heavy (non-hydrogen) atoms. The Morgan fingerprint density at radius 1 is 1.07 bits per heavy atom. The maximum atomic E-state index is 12.6. The Morgan fingerprint density at radius 3 is 2.80 bits per heavy atom. The first-order valence-corrected chi connectivity index (χ1v) is 14.1. The Hall–Kier alpha value is -4.15. The molecule has 1 saturated carbocycles. The van der Waals surface area contributed by atoms with Crippen LogP contribution in [0.4, 0.5) is 5.95 Å². The van der Waals surface area contributed by atoms with E-state index in [1.165, 1.54) is 0 Å². The average molecular weight is 545 g/mol. The van der Waals surface area contributed by atoms with Gasteiger partial charge in [0.1, 0.15) is 11.6 Å². The summed E-state index contributed by atoms with van der Waals surface area (Å²) in [7, 11) is 0. The molecular weight excluding hydrogens is 512 g/mol. The van der Waals surface area contributed by atoms with E-state index in [0.717, 1.165) is 49.2 Å². The van der Waals surface area contributed by atoms with Crippen molar-refractivity contribution in [2.45, 2.75) is 51.5 Å². The average Bonchev–Trinajstić information content (AvgIpc) is 3.40. The van der Waals surface area contributed by atoms with Crippen LogP contribution in [0.3, 0.4) is 0 Å². The summed E-state index contributed by atoms with van der Waals surface area (Å²) in [6.07, 6.45) is 6.68. The van der Waals surface area contributed by atoms with E-state index in [9.17, 15) is 9.59 Å². The number of carbonyl (C=O) groups is 2. The third kappa shape index (κ3) is 4.63. The minimum atomic E-state index is -0.272. The summed E-state index contributed by atoms with van der Waals surface area (Å²) in [6, 6.07) is 7.70. The van der Waals surface area contributed by atoms with Gasteiger partial charge >= 0.3 is 5.97 Å². The number of esters is 1. The second-order valence-corrected chi connectivity index (χ2v) is 10.9. The molecule has 11 nitrogen and oxygen atoms in total. The van der Waals surface area contributed by atoms with Crippen LogP contribution in [0.25, 0.3) is 17.2 Å². The lowest BCUT2D eigenvalue weighted by molar-refractivity contribution is -0.147. The Morgan fingerprint density at radius 2 is 1.95 bits per heavy atom. The number of anilines is 1. The van der Waals surface area contributed by atoms with Crippen LogP contribution in [0, 0.1) is 11.8 Å². The van der Waals surface area contributed by atoms with Crippen molar-refractivity contribution in [3.05, 3.63) is 41.9 Å². The van der Waals surface area contributed by atoms with Crippen molar-refractivity contribution in [3.63, 3.8) is 0 Å². The van der Waals surface area contributed by atoms with Gasteiger partial charge < -0.3 is 24.4 Å². The van der Waals surface area contributed by atoms with Gasteiger partial charge in [0.2, 0.25) is 18.6 Å². The molecule has 208 valence electrons. The third-order valence-electron chi connectivity index (χ3n) is 8.05. The maximum Gasteiger partial charge on any atom is 0.309 e. The zero-order valence-corrected chi connectivity index (χ0v) is 22.5. The molecule has 4 aliphatic rings. The van der Waals surface area contributed by atoms with Crippen molar-refractivity contribution in [1.82, 2.24) is 24.4 Å². The molecule has 1 aromatic carbocycles. The van der Waals surface area contributed by atoms with Crippen molar-refractivity contribution >= 4 is 17.8 Å². The fraction of sp³-hybridized carbons (Fsp3) is 0.483. The number of ether oxygens (including phenoxy) is 3. The molecule has 0 radical (unpaired) electrons. The number of aromatic nitrogens is 4. The Balaban J connectivity index is 1.20. The molecule has 1 amide bonds. The molecule has 3 aromatic rings. The van der Waals surface area contributed by atoms with Crippen LogP contribution >= 0.6 is 0 Å². The smallest absolute Gasteiger partial charge is 0.309 e. The van der Waals surface area contributed by atoms with Crippen molar-refractivity contribution in [2.75, 3.05) is 31.8 Å². The molecule has 0 bridgehead atoms. The summed E-state index contributed by atoms with van der Waals surface area (Å²) in [6.45, 7) is 3.83. The van der Waals surface area contributed by atoms with Crippen LogP contribution in [0.2, 0.25) is 0 Å². The van der Waals surface area contributed by atoms with Crippen molar-refractivity contribution in [1.29, 1.82) is 0 Å². The number of nitrogens with zero attached hydrogens (tertiary/aromatic N) is 5. The number of imidazole rings is 1. The van der Waals surface area contributed by atoms with Gasteiger partial charge in [-0.3, -0.25) is 14.2 Å². The monoisotopic (exact) mass is 544 g/mol. The van der Waals surface area contributed by atoms with Crippen LogP contribution in [-0.2, 0) is 27.2 Å². The van der Waals surface area contributed by atoms with E-state index in [0.29, 0.717) is 55.1 Å². The second kappa shape index (κ2) is 10.1. The lowest BCUT2D eigenvalue weighted by Crippen LogP contribution is -2.45. The number of hydrogen-bond donors (Lipinski definition) is 1. The molecule has 2 aliphatic heterocycles. The number of piperidine rings is 1. The predicted octanol–water partition coefficient (Wildman–Crippen LogP) is 3.15. The maximum absolute atomic E-state index is 12.6. The zero-order valence-electron chi connectivity index (χ0n) is 22.5. The number of nitrogens with one attached hydrogen (secondary N) is 1. The fourth-order valence-electron chi connectivity index (χ4n) is 5.92. The molecule has 1 saturated heterocycles. The first-order valence-electron chi connectivity index (χ1n) is 14.1. The van der Waals surface area contributed by atoms with Crippen LogP contribution in [0.1, 0.15) is 44.0 Å². The molecule has 1 unspecified atom stereocenters. The number of carbonyl (C=O) groups excluding carboxylic acids is 2. The lowest BCUT2D eigenvalue weighted by Gasteiger charge is -2.33. The SMILES string of the molecule is CCOC(=O)C1Cc2nc(-c3ccc4c(c3)OCO4)n(-c3ccnc(N[C@@H]4CCCN(C(=O)C5CC5)C4)n3)c2C1. The number of likely N-dealkylation sites (tertiary alicyclic amines) is 1. The highest BCUT2D eigenvalue weighted by molar-refractivity contribution is 5.81. The standard InChI is InChI=1S/C29H32N6O5/c1-2-38-28(37)19-12-21-22(13-19)35(26(32-21)18-7-8-23-24(14-18)40-16-39-23)25-9-10-30-29(33-25)31-20-4-3-11-34(15-20)27(36)17-5-6-17/h7-10,14,17,19-20H,2-6,11-13,15-16H2,1H3,(H,30,31,33)/t19?,20-/m1/s1. The van der Waals surface area contributed by atoms with Crippen molar-refractivity contribution < 1.29 is 23.8 Å². The number of amides is 1. The van der Waals surface area contributed by atoms with Gasteiger partial charge in [0.15, 0.2) is 11.5 Å². The van der Waals surface area contributed by atoms with E-state index in [1.807, 2.05) is 40.7 Å². The Labute approximate surface area is 231 Å². The van der Waals surface area contributed by atoms with Crippen LogP contribution in [-0.4, -0.2) is 68.8 Å². The van der Waals surface area contributed by atoms with E-state index in [4.69, 9.17) is 24.2 Å². The van der Waals surface area contributed by atoms with Crippen LogP contribution in [0.15, 0.2) is 30.5 Å². The van der Waals surface area contributed by atoms with Gasteiger partial charge in [0, 0.05) is 55.3 Å². The second-order valence-electron chi connectivity index (χ2n) is 10.9. The van der Waals surface area contributed by atoms with Gasteiger partial charge in [-0.2, -0.15) is 4.98 Å². The van der Waals surface area contributed by atoms with Gasteiger partial charge in [-0.15, -0.1) is 0 Å². The predicted molar refractivity (Wildman–Crippen MR) is 144 cm³/mol. The molecule has 2 atom stereocenters. The summed E-state index contributed by atoms with van der Waals surface area (Å²) >= 11 is 0. The van der Waals surface area contributed by atoms with Crippen LogP contribution < -0.4 is 14.8 Å². The lowest BCUT2D eigenvalue weighted by atomic mass is 10.1. The summed E-state index contributed by atoms with van der Waals surface area (Å²) in [5, 5.41) is 3.47. The molecule has 2 aliphatic carbocycles. The molecule has 7 rings (SSSR count). The first kappa shape index (κ1) is 24.9. The van der Waals surface area contributed by atoms with Gasteiger partial charge in [0.05, 0.1) is 18.2 Å². The fourth-order valence-corrected chi connectivity index (χ4v) is 5.92. The summed E-state index contributed by atoms with van der Waals surface area (Å²) < 4.78 is 18.5. The van der Waals surface area contributed by atoms with E-state index in [2.05, 4.69) is 10.3 Å². The molecular formula is C29H32N6O5. The summed E-state index contributed by atoms with van der Waals surface area (Å²) in [4.78, 5) is 41.6. The molecule has 1 N–H and O–H groups in total. The first-order chi connectivity index (χ1) is 19.6. The van der Waals surface area contributed by atoms with E-state index < -0.39 is 0 Å². The quantitative estimate of drug-likeness (QED) is 0.447. The van der Waals surface area contributed by atoms with Gasteiger partial charge in [-0.1, -0.05) is 0 Å². The number of fused-ring (bicyclic) bond motifs is 2. The summed E-state index contributed by atoms with van der Waals surface area (Å²) in [5.74, 6) is 3.27.